The van der Waals surface area contributed by atoms with Gasteiger partial charge in [-0.3, -0.25) is 14.5 Å². The molecule has 6 heteroatoms. The Morgan fingerprint density at radius 2 is 2.05 bits per heavy atom. The molecule has 1 aromatic carbocycles. The highest BCUT2D eigenvalue weighted by molar-refractivity contribution is 6.31. The Labute approximate surface area is 129 Å². The number of nitrogens with one attached hydrogen (secondary N) is 1. The molecule has 0 spiro atoms. The van der Waals surface area contributed by atoms with Gasteiger partial charge in [0.2, 0.25) is 5.91 Å². The van der Waals surface area contributed by atoms with Crippen molar-refractivity contribution in [1.82, 2.24) is 10.2 Å². The summed E-state index contributed by atoms with van der Waals surface area (Å²) in [5.74, 6) is -1.34. The average Bonchev–Trinajstić information content (AvgIpc) is 2.45. The first-order valence-electron chi connectivity index (χ1n) is 6.97. The molecule has 0 aliphatic heterocycles. The number of halogens is 1. The van der Waals surface area contributed by atoms with Gasteiger partial charge >= 0.3 is 5.97 Å². The molecule has 1 rings (SSSR count). The first-order valence-corrected chi connectivity index (χ1v) is 7.35. The van der Waals surface area contributed by atoms with E-state index in [-0.39, 0.29) is 19.0 Å². The van der Waals surface area contributed by atoms with Crippen LogP contribution in [0.3, 0.4) is 0 Å². The van der Waals surface area contributed by atoms with E-state index in [2.05, 4.69) is 12.2 Å². The monoisotopic (exact) mass is 312 g/mol. The van der Waals surface area contributed by atoms with Crippen LogP contribution in [-0.2, 0) is 16.1 Å². The van der Waals surface area contributed by atoms with Crippen LogP contribution in [0.5, 0.6) is 0 Å². The van der Waals surface area contributed by atoms with Gasteiger partial charge in [0.15, 0.2) is 0 Å². The molecule has 21 heavy (non-hydrogen) atoms. The molecule has 0 unspecified atom stereocenters. The molecule has 1 aromatic rings. The molecule has 0 atom stereocenters. The lowest BCUT2D eigenvalue weighted by molar-refractivity contribution is -0.138. The van der Waals surface area contributed by atoms with Gasteiger partial charge in [-0.15, -0.1) is 0 Å². The summed E-state index contributed by atoms with van der Waals surface area (Å²) in [7, 11) is 0. The van der Waals surface area contributed by atoms with Crippen LogP contribution in [0.4, 0.5) is 0 Å². The summed E-state index contributed by atoms with van der Waals surface area (Å²) in [5, 5.41) is 11.6. The fourth-order valence-corrected chi connectivity index (χ4v) is 2.09. The van der Waals surface area contributed by atoms with Crippen molar-refractivity contribution in [3.05, 3.63) is 34.9 Å². The molecule has 0 saturated heterocycles. The summed E-state index contributed by atoms with van der Waals surface area (Å²) in [6.45, 7) is 3.23. The molecule has 0 heterocycles. The molecule has 2 N–H and O–H groups in total. The van der Waals surface area contributed by atoms with Gasteiger partial charge in [-0.1, -0.05) is 43.1 Å². The predicted molar refractivity (Wildman–Crippen MR) is 82.3 cm³/mol. The maximum absolute atomic E-state index is 11.7. The highest BCUT2D eigenvalue weighted by Gasteiger charge is 2.13. The van der Waals surface area contributed by atoms with Gasteiger partial charge in [-0.05, 0) is 24.6 Å². The minimum atomic E-state index is -1.05. The Hall–Kier alpha value is -1.59. The van der Waals surface area contributed by atoms with Crippen molar-refractivity contribution in [2.75, 3.05) is 19.6 Å². The summed E-state index contributed by atoms with van der Waals surface area (Å²) in [4.78, 5) is 24.2. The zero-order chi connectivity index (χ0) is 15.7. The zero-order valence-electron chi connectivity index (χ0n) is 12.1. The maximum atomic E-state index is 11.7. The van der Waals surface area contributed by atoms with Crippen LogP contribution in [0.25, 0.3) is 0 Å². The zero-order valence-corrected chi connectivity index (χ0v) is 12.9. The molecule has 0 saturated carbocycles. The number of nitrogens with zero attached hydrogens (tertiary/aromatic N) is 1. The fraction of sp³-hybridized carbons (Fsp3) is 0.467. The lowest BCUT2D eigenvalue weighted by Crippen LogP contribution is -2.39. The molecule has 1 amide bonds. The first-order chi connectivity index (χ1) is 10.0. The molecule has 116 valence electrons. The standard InChI is InChI=1S/C15H21ClN2O3/c1-2-3-8-18(11-14(19)17-9-15(20)21)10-12-6-4-5-7-13(12)16/h4-7H,2-3,8-11H2,1H3,(H,17,19)(H,20,21). The number of amides is 1. The number of aliphatic carboxylic acids is 1. The number of carboxylic acid groups (broad SMARTS) is 1. The third-order valence-corrected chi connectivity index (χ3v) is 3.35. The third-order valence-electron chi connectivity index (χ3n) is 2.98. The van der Waals surface area contributed by atoms with Crippen LogP contribution in [-0.4, -0.2) is 41.5 Å². The predicted octanol–water partition coefficient (Wildman–Crippen LogP) is 2.14. The van der Waals surface area contributed by atoms with E-state index in [0.29, 0.717) is 11.6 Å². The van der Waals surface area contributed by atoms with E-state index >= 15 is 0 Å². The minimum absolute atomic E-state index is 0.165. The van der Waals surface area contributed by atoms with Crippen molar-refractivity contribution in [3.8, 4) is 0 Å². The molecule has 5 nitrogen and oxygen atoms in total. The van der Waals surface area contributed by atoms with Gasteiger partial charge in [-0.2, -0.15) is 0 Å². The molecular formula is C15H21ClN2O3. The molecule has 0 aliphatic carbocycles. The highest BCUT2D eigenvalue weighted by atomic mass is 35.5. The summed E-state index contributed by atoms with van der Waals surface area (Å²) in [6.07, 6.45) is 1.99. The Balaban J connectivity index is 2.60. The lowest BCUT2D eigenvalue weighted by atomic mass is 10.2. The second-order valence-corrected chi connectivity index (χ2v) is 5.23. The highest BCUT2D eigenvalue weighted by Crippen LogP contribution is 2.17. The Kier molecular flexibility index (Phi) is 7.79. The molecule has 0 fully saturated rings. The number of carboxylic acids is 1. The fourth-order valence-electron chi connectivity index (χ4n) is 1.90. The van der Waals surface area contributed by atoms with Crippen LogP contribution in [0.15, 0.2) is 24.3 Å². The first kappa shape index (κ1) is 17.5. The van der Waals surface area contributed by atoms with Crippen molar-refractivity contribution in [3.63, 3.8) is 0 Å². The van der Waals surface area contributed by atoms with Gasteiger partial charge in [0, 0.05) is 11.6 Å². The van der Waals surface area contributed by atoms with Crippen molar-refractivity contribution >= 4 is 23.5 Å². The van der Waals surface area contributed by atoms with Crippen molar-refractivity contribution in [1.29, 1.82) is 0 Å². The van der Waals surface area contributed by atoms with Gasteiger partial charge in [0.05, 0.1) is 6.54 Å². The van der Waals surface area contributed by atoms with Crippen molar-refractivity contribution < 1.29 is 14.7 Å². The van der Waals surface area contributed by atoms with E-state index < -0.39 is 5.97 Å². The lowest BCUT2D eigenvalue weighted by Gasteiger charge is -2.22. The normalized spacial score (nSPS) is 10.6. The summed E-state index contributed by atoms with van der Waals surface area (Å²) in [5.41, 5.74) is 0.960. The van der Waals surface area contributed by atoms with Gasteiger partial charge in [0.1, 0.15) is 6.54 Å². The van der Waals surface area contributed by atoms with E-state index in [1.807, 2.05) is 29.2 Å². The van der Waals surface area contributed by atoms with Crippen LogP contribution < -0.4 is 5.32 Å². The molecular weight excluding hydrogens is 292 g/mol. The molecule has 0 aliphatic rings. The van der Waals surface area contributed by atoms with Crippen LogP contribution in [0.2, 0.25) is 5.02 Å². The Bertz CT molecular complexity index is 480. The van der Waals surface area contributed by atoms with E-state index in [1.54, 1.807) is 0 Å². The average molecular weight is 313 g/mol. The Morgan fingerprint density at radius 3 is 2.67 bits per heavy atom. The van der Waals surface area contributed by atoms with E-state index in [4.69, 9.17) is 16.7 Å². The summed E-state index contributed by atoms with van der Waals surface area (Å²) in [6, 6.07) is 7.52. The number of carbonyl (C=O) groups excluding carboxylic acids is 1. The van der Waals surface area contributed by atoms with Gasteiger partial charge in [0.25, 0.3) is 0 Å². The smallest absolute Gasteiger partial charge is 0.322 e. The van der Waals surface area contributed by atoms with E-state index in [0.717, 1.165) is 24.9 Å². The van der Waals surface area contributed by atoms with Crippen LogP contribution in [0.1, 0.15) is 25.3 Å². The topological polar surface area (TPSA) is 69.6 Å². The largest absolute Gasteiger partial charge is 0.480 e. The summed E-state index contributed by atoms with van der Waals surface area (Å²) < 4.78 is 0. The minimum Gasteiger partial charge on any atom is -0.480 e. The third kappa shape index (κ3) is 7.11. The van der Waals surface area contributed by atoms with Crippen LogP contribution >= 0.6 is 11.6 Å². The second kappa shape index (κ2) is 9.37. The van der Waals surface area contributed by atoms with Gasteiger partial charge < -0.3 is 10.4 Å². The number of benzene rings is 1. The second-order valence-electron chi connectivity index (χ2n) is 4.83. The van der Waals surface area contributed by atoms with E-state index in [9.17, 15) is 9.59 Å². The van der Waals surface area contributed by atoms with Crippen LogP contribution in [0, 0.1) is 0 Å². The number of hydrogen-bond donors (Lipinski definition) is 2. The molecule has 0 radical (unpaired) electrons. The number of unbranched alkanes of at least 4 members (excludes halogenated alkanes) is 1. The molecule has 0 bridgehead atoms. The van der Waals surface area contributed by atoms with Crippen molar-refractivity contribution in [2.24, 2.45) is 0 Å². The van der Waals surface area contributed by atoms with Gasteiger partial charge in [-0.25, -0.2) is 0 Å². The number of carbonyl (C=O) groups is 2. The number of hydrogen-bond acceptors (Lipinski definition) is 3. The maximum Gasteiger partial charge on any atom is 0.322 e. The Morgan fingerprint density at radius 1 is 1.33 bits per heavy atom. The molecule has 0 aromatic heterocycles. The SMILES string of the molecule is CCCCN(CC(=O)NCC(=O)O)Cc1ccccc1Cl. The number of rotatable bonds is 9. The summed E-state index contributed by atoms with van der Waals surface area (Å²) >= 11 is 6.14. The quantitative estimate of drug-likeness (QED) is 0.733. The van der Waals surface area contributed by atoms with E-state index in [1.165, 1.54) is 0 Å². The van der Waals surface area contributed by atoms with Crippen molar-refractivity contribution in [2.45, 2.75) is 26.3 Å².